The minimum absolute atomic E-state index is 0.00467. The maximum Gasteiger partial charge on any atom is 0.249 e. The molecular weight excluding hydrogens is 378 g/mol. The summed E-state index contributed by atoms with van der Waals surface area (Å²) in [5.41, 5.74) is 2.60. The summed E-state index contributed by atoms with van der Waals surface area (Å²) in [4.78, 5) is 14.6. The van der Waals surface area contributed by atoms with E-state index < -0.39 is 0 Å². The third kappa shape index (κ3) is 5.34. The third-order valence-electron chi connectivity index (χ3n) is 5.75. The van der Waals surface area contributed by atoms with Gasteiger partial charge in [-0.3, -0.25) is 9.69 Å². The van der Waals surface area contributed by atoms with Crippen molar-refractivity contribution in [1.29, 1.82) is 0 Å². The molecule has 0 bridgehead atoms. The Labute approximate surface area is 178 Å². The molecule has 1 atom stereocenters. The molecule has 1 aromatic carbocycles. The van der Waals surface area contributed by atoms with Crippen molar-refractivity contribution in [1.82, 2.24) is 25.0 Å². The van der Waals surface area contributed by atoms with Crippen molar-refractivity contribution < 1.29 is 9.53 Å². The summed E-state index contributed by atoms with van der Waals surface area (Å²) in [6.07, 6.45) is 5.35. The molecule has 30 heavy (non-hydrogen) atoms. The Bertz CT molecular complexity index is 871. The summed E-state index contributed by atoms with van der Waals surface area (Å²) in [5, 5.41) is 11.8. The molecule has 2 aromatic rings. The lowest BCUT2D eigenvalue weighted by molar-refractivity contribution is -0.130. The van der Waals surface area contributed by atoms with Crippen molar-refractivity contribution >= 4 is 12.0 Å². The normalized spacial score (nSPS) is 20.0. The first-order valence-corrected chi connectivity index (χ1v) is 10.9. The van der Waals surface area contributed by atoms with Gasteiger partial charge in [-0.1, -0.05) is 42.0 Å². The Balaban J connectivity index is 1.28. The number of nitrogens with zero attached hydrogens (tertiary/aromatic N) is 4. The van der Waals surface area contributed by atoms with Crippen LogP contribution in [0.1, 0.15) is 37.0 Å². The highest BCUT2D eigenvalue weighted by Gasteiger charge is 2.23. The molecule has 3 heterocycles. The molecule has 1 aromatic heterocycles. The first-order valence-electron chi connectivity index (χ1n) is 10.9. The molecular formula is C23H31N5O2. The lowest BCUT2D eigenvalue weighted by Crippen LogP contribution is -2.35. The van der Waals surface area contributed by atoms with Crippen molar-refractivity contribution in [3.05, 3.63) is 53.1 Å². The van der Waals surface area contributed by atoms with E-state index in [1.807, 2.05) is 6.07 Å². The molecule has 1 N–H and O–H groups in total. The Hall–Kier alpha value is -2.51. The molecule has 1 saturated heterocycles. The fourth-order valence-electron chi connectivity index (χ4n) is 4.20. The lowest BCUT2D eigenvalue weighted by Gasteiger charge is -2.20. The number of hydrogen-bond acceptors (Lipinski definition) is 5. The van der Waals surface area contributed by atoms with Crippen molar-refractivity contribution in [3.8, 4) is 0 Å². The summed E-state index contributed by atoms with van der Waals surface area (Å²) in [5.74, 6) is 1.99. The third-order valence-corrected chi connectivity index (χ3v) is 5.75. The first kappa shape index (κ1) is 20.8. The average Bonchev–Trinajstić information content (AvgIpc) is 3.37. The van der Waals surface area contributed by atoms with Gasteiger partial charge in [-0.15, -0.1) is 10.2 Å². The number of rotatable bonds is 7. The van der Waals surface area contributed by atoms with Gasteiger partial charge in [-0.25, -0.2) is 0 Å². The Morgan fingerprint density at radius 1 is 1.23 bits per heavy atom. The van der Waals surface area contributed by atoms with E-state index in [0.29, 0.717) is 19.6 Å². The highest BCUT2D eigenvalue weighted by Crippen LogP contribution is 2.14. The Kier molecular flexibility index (Phi) is 6.92. The van der Waals surface area contributed by atoms with Gasteiger partial charge in [0.1, 0.15) is 17.8 Å². The van der Waals surface area contributed by atoms with E-state index >= 15 is 0 Å². The SMILES string of the molecule is C/C(=C\c1ccccc1)CN1CCc2nnc(CCNC(=O)[C@@H]3CCCO3)n2CC1. The molecule has 0 spiro atoms. The molecule has 0 unspecified atom stereocenters. The number of carbonyl (C=O) groups excluding carboxylic acids is 1. The van der Waals surface area contributed by atoms with E-state index in [1.165, 1.54) is 11.1 Å². The second-order valence-electron chi connectivity index (χ2n) is 8.15. The standard InChI is InChI=1S/C23H31N5O2/c1-18(16-19-6-3-2-4-7-19)17-27-12-10-22-26-25-21(28(22)14-13-27)9-11-24-23(29)20-8-5-15-30-20/h2-4,6-7,16,20H,5,8-15,17H2,1H3,(H,24,29)/b18-16+/t20-/m0/s1. The van der Waals surface area contributed by atoms with E-state index in [0.717, 1.165) is 57.1 Å². The molecule has 0 aliphatic carbocycles. The summed E-state index contributed by atoms with van der Waals surface area (Å²) < 4.78 is 7.67. The van der Waals surface area contributed by atoms with E-state index in [4.69, 9.17) is 4.74 Å². The highest BCUT2D eigenvalue weighted by molar-refractivity contribution is 5.80. The van der Waals surface area contributed by atoms with Gasteiger partial charge >= 0.3 is 0 Å². The molecule has 1 amide bonds. The molecule has 2 aliphatic rings. The van der Waals surface area contributed by atoms with Crippen molar-refractivity contribution in [2.45, 2.75) is 45.3 Å². The topological polar surface area (TPSA) is 72.3 Å². The maximum absolute atomic E-state index is 12.1. The van der Waals surface area contributed by atoms with Gasteiger partial charge in [-0.2, -0.15) is 0 Å². The molecule has 0 radical (unpaired) electrons. The van der Waals surface area contributed by atoms with Crippen molar-refractivity contribution in [2.24, 2.45) is 0 Å². The van der Waals surface area contributed by atoms with Crippen LogP contribution in [0.5, 0.6) is 0 Å². The Morgan fingerprint density at radius 3 is 2.90 bits per heavy atom. The van der Waals surface area contributed by atoms with Crippen LogP contribution in [0.3, 0.4) is 0 Å². The number of fused-ring (bicyclic) bond motifs is 1. The monoisotopic (exact) mass is 409 g/mol. The number of nitrogens with one attached hydrogen (secondary N) is 1. The summed E-state index contributed by atoms with van der Waals surface area (Å²) in [6.45, 7) is 7.25. The molecule has 2 aliphatic heterocycles. The minimum atomic E-state index is -0.277. The zero-order valence-electron chi connectivity index (χ0n) is 17.7. The van der Waals surface area contributed by atoms with Gasteiger partial charge in [0.05, 0.1) is 0 Å². The quantitative estimate of drug-likeness (QED) is 0.758. The van der Waals surface area contributed by atoms with Crippen LogP contribution in [0.25, 0.3) is 6.08 Å². The number of ether oxygens (including phenoxy) is 1. The number of aromatic nitrogens is 3. The van der Waals surface area contributed by atoms with Gasteiger partial charge < -0.3 is 14.6 Å². The van der Waals surface area contributed by atoms with Crippen LogP contribution in [0.15, 0.2) is 35.9 Å². The molecule has 7 heteroatoms. The van der Waals surface area contributed by atoms with Crippen LogP contribution in [0, 0.1) is 0 Å². The van der Waals surface area contributed by atoms with Crippen LogP contribution in [0.2, 0.25) is 0 Å². The fraction of sp³-hybridized carbons (Fsp3) is 0.522. The van der Waals surface area contributed by atoms with E-state index in [9.17, 15) is 4.79 Å². The molecule has 0 saturated carbocycles. The van der Waals surface area contributed by atoms with Gasteiger partial charge in [0.25, 0.3) is 0 Å². The second-order valence-corrected chi connectivity index (χ2v) is 8.15. The predicted octanol–water partition coefficient (Wildman–Crippen LogP) is 2.08. The van der Waals surface area contributed by atoms with Crippen LogP contribution < -0.4 is 5.32 Å². The average molecular weight is 410 g/mol. The van der Waals surface area contributed by atoms with Crippen LogP contribution in [0.4, 0.5) is 0 Å². The van der Waals surface area contributed by atoms with Gasteiger partial charge in [0.2, 0.25) is 5.91 Å². The van der Waals surface area contributed by atoms with Gasteiger partial charge in [-0.05, 0) is 25.3 Å². The van der Waals surface area contributed by atoms with Gasteiger partial charge in [0.15, 0.2) is 0 Å². The van der Waals surface area contributed by atoms with Gasteiger partial charge in [0, 0.05) is 52.2 Å². The summed E-state index contributed by atoms with van der Waals surface area (Å²) in [6, 6.07) is 10.5. The molecule has 160 valence electrons. The minimum Gasteiger partial charge on any atom is -0.368 e. The van der Waals surface area contributed by atoms with Crippen LogP contribution >= 0.6 is 0 Å². The molecule has 1 fully saturated rings. The van der Waals surface area contributed by atoms with Crippen LogP contribution in [-0.2, 0) is 28.9 Å². The fourth-order valence-corrected chi connectivity index (χ4v) is 4.20. The predicted molar refractivity (Wildman–Crippen MR) is 116 cm³/mol. The van der Waals surface area contributed by atoms with E-state index in [1.54, 1.807) is 0 Å². The lowest BCUT2D eigenvalue weighted by atomic mass is 10.1. The summed E-state index contributed by atoms with van der Waals surface area (Å²) >= 11 is 0. The number of carbonyl (C=O) groups is 1. The molecule has 7 nitrogen and oxygen atoms in total. The number of amides is 1. The Morgan fingerprint density at radius 2 is 2.10 bits per heavy atom. The first-order chi connectivity index (χ1) is 14.7. The number of hydrogen-bond donors (Lipinski definition) is 1. The molecule has 4 rings (SSSR count). The highest BCUT2D eigenvalue weighted by atomic mass is 16.5. The largest absolute Gasteiger partial charge is 0.368 e. The van der Waals surface area contributed by atoms with Crippen molar-refractivity contribution in [2.75, 3.05) is 32.8 Å². The number of benzene rings is 1. The van der Waals surface area contributed by atoms with E-state index in [-0.39, 0.29) is 12.0 Å². The maximum atomic E-state index is 12.1. The van der Waals surface area contributed by atoms with E-state index in [2.05, 4.69) is 62.2 Å². The second kappa shape index (κ2) is 10.00. The summed E-state index contributed by atoms with van der Waals surface area (Å²) in [7, 11) is 0. The van der Waals surface area contributed by atoms with Crippen LogP contribution in [-0.4, -0.2) is 64.5 Å². The smallest absolute Gasteiger partial charge is 0.249 e. The zero-order valence-corrected chi connectivity index (χ0v) is 17.7. The van der Waals surface area contributed by atoms with Crippen molar-refractivity contribution in [3.63, 3.8) is 0 Å². The zero-order chi connectivity index (χ0) is 20.8.